The molecule has 0 unspecified atom stereocenters. The molecule has 1 atom stereocenters. The van der Waals surface area contributed by atoms with E-state index in [9.17, 15) is 4.79 Å². The Morgan fingerprint density at radius 1 is 1.00 bits per heavy atom. The number of fused-ring (bicyclic) bond motifs is 1. The van der Waals surface area contributed by atoms with Crippen molar-refractivity contribution in [2.24, 2.45) is 0 Å². The second-order valence-electron chi connectivity index (χ2n) is 9.28. The van der Waals surface area contributed by atoms with E-state index in [-0.39, 0.29) is 11.9 Å². The van der Waals surface area contributed by atoms with Crippen LogP contribution in [0.3, 0.4) is 0 Å². The maximum absolute atomic E-state index is 13.4. The zero-order valence-electron chi connectivity index (χ0n) is 19.1. The molecule has 2 aliphatic heterocycles. The molecule has 32 heavy (non-hydrogen) atoms. The number of hydrogen-bond acceptors (Lipinski definition) is 3. The number of carbonyl (C=O) groups excluding carboxylic acids is 1. The highest BCUT2D eigenvalue weighted by atomic mass is 16.2. The lowest BCUT2D eigenvalue weighted by molar-refractivity contribution is 0.0733. The zero-order chi connectivity index (χ0) is 22.1. The molecule has 1 aromatic heterocycles. The molecule has 0 saturated carbocycles. The summed E-state index contributed by atoms with van der Waals surface area (Å²) in [7, 11) is 2.13. The fourth-order valence-electron chi connectivity index (χ4n) is 5.08. The summed E-state index contributed by atoms with van der Waals surface area (Å²) in [5.41, 5.74) is 8.13. The van der Waals surface area contributed by atoms with Gasteiger partial charge in [0.2, 0.25) is 0 Å². The van der Waals surface area contributed by atoms with Gasteiger partial charge in [0.05, 0.1) is 11.7 Å². The Balaban J connectivity index is 1.32. The molecule has 3 heterocycles. The minimum absolute atomic E-state index is 0.0645. The summed E-state index contributed by atoms with van der Waals surface area (Å²) in [6.45, 7) is 3.99. The Morgan fingerprint density at radius 2 is 1.81 bits per heavy atom. The SMILES string of the molecule is Cc1ccc(Cc2ccc([C@@H]3CCCN3C(=O)c3ccc4c(c3)CCCN4C)nc2)cc1. The second-order valence-corrected chi connectivity index (χ2v) is 9.28. The van der Waals surface area contributed by atoms with Crippen molar-refractivity contribution < 1.29 is 4.79 Å². The molecule has 1 saturated heterocycles. The lowest BCUT2D eigenvalue weighted by Gasteiger charge is -2.29. The third kappa shape index (κ3) is 4.14. The molecule has 164 valence electrons. The first kappa shape index (κ1) is 20.7. The van der Waals surface area contributed by atoms with Gasteiger partial charge >= 0.3 is 0 Å². The molecule has 1 fully saturated rings. The zero-order valence-corrected chi connectivity index (χ0v) is 19.1. The van der Waals surface area contributed by atoms with Crippen molar-refractivity contribution in [3.8, 4) is 0 Å². The van der Waals surface area contributed by atoms with Crippen LogP contribution in [0.4, 0.5) is 5.69 Å². The number of pyridine rings is 1. The van der Waals surface area contributed by atoms with Crippen LogP contribution in [0.5, 0.6) is 0 Å². The van der Waals surface area contributed by atoms with Crippen LogP contribution in [-0.2, 0) is 12.8 Å². The van der Waals surface area contributed by atoms with Crippen LogP contribution >= 0.6 is 0 Å². The molecule has 2 aromatic carbocycles. The van der Waals surface area contributed by atoms with Crippen LogP contribution in [-0.4, -0.2) is 35.9 Å². The number of hydrogen-bond donors (Lipinski definition) is 0. The number of amides is 1. The molecule has 0 spiro atoms. The van der Waals surface area contributed by atoms with E-state index in [1.165, 1.54) is 27.9 Å². The van der Waals surface area contributed by atoms with Crippen molar-refractivity contribution in [3.05, 3.63) is 94.3 Å². The largest absolute Gasteiger partial charge is 0.374 e. The van der Waals surface area contributed by atoms with E-state index in [4.69, 9.17) is 4.98 Å². The summed E-state index contributed by atoms with van der Waals surface area (Å²) in [6, 6.07) is 19.2. The van der Waals surface area contributed by atoms with Crippen molar-refractivity contribution in [2.75, 3.05) is 25.0 Å². The summed E-state index contributed by atoms with van der Waals surface area (Å²) >= 11 is 0. The van der Waals surface area contributed by atoms with E-state index in [0.717, 1.165) is 56.5 Å². The van der Waals surface area contributed by atoms with Gasteiger partial charge in [0.25, 0.3) is 5.91 Å². The Kier molecular flexibility index (Phi) is 5.69. The van der Waals surface area contributed by atoms with E-state index in [0.29, 0.717) is 0 Å². The minimum Gasteiger partial charge on any atom is -0.374 e. The second kappa shape index (κ2) is 8.78. The van der Waals surface area contributed by atoms with Gasteiger partial charge in [0.1, 0.15) is 0 Å². The first-order valence-corrected chi connectivity index (χ1v) is 11.7. The Hall–Kier alpha value is -3.14. The first-order valence-electron chi connectivity index (χ1n) is 11.7. The van der Waals surface area contributed by atoms with Crippen LogP contribution in [0.25, 0.3) is 0 Å². The van der Waals surface area contributed by atoms with E-state index < -0.39 is 0 Å². The number of rotatable bonds is 4. The Morgan fingerprint density at radius 3 is 2.59 bits per heavy atom. The van der Waals surface area contributed by atoms with Crippen LogP contribution in [0.2, 0.25) is 0 Å². The standard InChI is InChI=1S/C28H31N3O/c1-20-7-9-21(10-8-20)17-22-11-13-25(29-19-22)27-6-4-16-31(27)28(32)24-12-14-26-23(18-24)5-3-15-30(26)2/h7-14,18-19,27H,3-6,15-17H2,1-2H3/t27-/m0/s1. The van der Waals surface area contributed by atoms with Crippen molar-refractivity contribution >= 4 is 11.6 Å². The van der Waals surface area contributed by atoms with Crippen LogP contribution < -0.4 is 4.90 Å². The van der Waals surface area contributed by atoms with E-state index in [2.05, 4.69) is 67.4 Å². The number of nitrogens with zero attached hydrogens (tertiary/aromatic N) is 3. The van der Waals surface area contributed by atoms with Gasteiger partial charge < -0.3 is 9.80 Å². The first-order chi connectivity index (χ1) is 15.6. The highest BCUT2D eigenvalue weighted by molar-refractivity contribution is 5.95. The number of anilines is 1. The number of likely N-dealkylation sites (tertiary alicyclic amines) is 1. The van der Waals surface area contributed by atoms with Gasteiger partial charge in [0.15, 0.2) is 0 Å². The molecule has 4 nitrogen and oxygen atoms in total. The lowest BCUT2D eigenvalue weighted by atomic mass is 9.99. The molecule has 2 aliphatic rings. The van der Waals surface area contributed by atoms with Gasteiger partial charge in [-0.05, 0) is 80.0 Å². The summed E-state index contributed by atoms with van der Waals surface area (Å²) < 4.78 is 0. The summed E-state index contributed by atoms with van der Waals surface area (Å²) in [4.78, 5) is 22.5. The van der Waals surface area contributed by atoms with Crippen molar-refractivity contribution in [1.82, 2.24) is 9.88 Å². The number of aromatic nitrogens is 1. The van der Waals surface area contributed by atoms with Gasteiger partial charge in [-0.3, -0.25) is 9.78 Å². The summed E-state index contributed by atoms with van der Waals surface area (Å²) in [6.07, 6.45) is 7.05. The molecule has 4 heteroatoms. The van der Waals surface area contributed by atoms with E-state index >= 15 is 0 Å². The van der Waals surface area contributed by atoms with Gasteiger partial charge in [-0.25, -0.2) is 0 Å². The third-order valence-electron chi connectivity index (χ3n) is 6.91. The maximum Gasteiger partial charge on any atom is 0.254 e. The molecule has 3 aromatic rings. The van der Waals surface area contributed by atoms with Crippen molar-refractivity contribution in [1.29, 1.82) is 0 Å². The minimum atomic E-state index is 0.0645. The predicted octanol–water partition coefficient (Wildman–Crippen LogP) is 5.34. The lowest BCUT2D eigenvalue weighted by Crippen LogP contribution is -2.31. The van der Waals surface area contributed by atoms with Crippen LogP contribution in [0.1, 0.15) is 63.6 Å². The third-order valence-corrected chi connectivity index (χ3v) is 6.91. The molecule has 0 aliphatic carbocycles. The topological polar surface area (TPSA) is 36.4 Å². The van der Waals surface area contributed by atoms with E-state index in [1.54, 1.807) is 0 Å². The molecular weight excluding hydrogens is 394 g/mol. The molecule has 0 bridgehead atoms. The molecule has 0 N–H and O–H groups in total. The average Bonchev–Trinajstić information content (AvgIpc) is 3.30. The number of carbonyl (C=O) groups is 1. The number of benzene rings is 2. The molecule has 0 radical (unpaired) electrons. The Bertz CT molecular complexity index is 1100. The molecule has 1 amide bonds. The van der Waals surface area contributed by atoms with Gasteiger partial charge in [-0.15, -0.1) is 0 Å². The van der Waals surface area contributed by atoms with E-state index in [1.807, 2.05) is 17.2 Å². The van der Waals surface area contributed by atoms with Gasteiger partial charge in [0, 0.05) is 37.6 Å². The normalized spacial score (nSPS) is 18.0. The highest BCUT2D eigenvalue weighted by Gasteiger charge is 2.32. The molecule has 5 rings (SSSR count). The van der Waals surface area contributed by atoms with Gasteiger partial charge in [-0.1, -0.05) is 35.9 Å². The summed E-state index contributed by atoms with van der Waals surface area (Å²) in [5, 5.41) is 0. The van der Waals surface area contributed by atoms with Crippen molar-refractivity contribution in [3.63, 3.8) is 0 Å². The average molecular weight is 426 g/mol. The highest BCUT2D eigenvalue weighted by Crippen LogP contribution is 2.34. The predicted molar refractivity (Wildman–Crippen MR) is 129 cm³/mol. The Labute approximate surface area is 190 Å². The molecular formula is C28H31N3O. The van der Waals surface area contributed by atoms with Gasteiger partial charge in [-0.2, -0.15) is 0 Å². The van der Waals surface area contributed by atoms with Crippen molar-refractivity contribution in [2.45, 2.75) is 45.1 Å². The fraction of sp³-hybridized carbons (Fsp3) is 0.357. The van der Waals surface area contributed by atoms with Crippen LogP contribution in [0, 0.1) is 6.92 Å². The van der Waals surface area contributed by atoms with Crippen LogP contribution in [0.15, 0.2) is 60.8 Å². The summed E-state index contributed by atoms with van der Waals surface area (Å²) in [5.74, 6) is 0.133. The number of aryl methyl sites for hydroxylation is 2. The maximum atomic E-state index is 13.4. The monoisotopic (exact) mass is 425 g/mol. The quantitative estimate of drug-likeness (QED) is 0.566. The smallest absolute Gasteiger partial charge is 0.254 e. The fourth-order valence-corrected chi connectivity index (χ4v) is 5.08.